The van der Waals surface area contributed by atoms with Crippen molar-refractivity contribution in [3.63, 3.8) is 0 Å². The van der Waals surface area contributed by atoms with Crippen molar-refractivity contribution in [1.29, 1.82) is 0 Å². The molecule has 0 bridgehead atoms. The number of aliphatic hydroxyl groups excluding tert-OH is 1. The van der Waals surface area contributed by atoms with E-state index < -0.39 is 5.41 Å². The van der Waals surface area contributed by atoms with Gasteiger partial charge in [0.25, 0.3) is 0 Å². The Morgan fingerprint density at radius 2 is 2.06 bits per heavy atom. The zero-order valence-electron chi connectivity index (χ0n) is 17.7. The van der Waals surface area contributed by atoms with Gasteiger partial charge in [0.05, 0.1) is 23.7 Å². The minimum atomic E-state index is -0.515. The monoisotopic (exact) mass is 425 g/mol. The molecular formula is C26H23N3O3. The number of anilines is 1. The van der Waals surface area contributed by atoms with Crippen LogP contribution in [0.1, 0.15) is 29.0 Å². The van der Waals surface area contributed by atoms with E-state index >= 15 is 0 Å². The molecule has 1 spiro atoms. The summed E-state index contributed by atoms with van der Waals surface area (Å²) in [4.78, 5) is 12.9. The van der Waals surface area contributed by atoms with Crippen molar-refractivity contribution in [3.05, 3.63) is 77.4 Å². The summed E-state index contributed by atoms with van der Waals surface area (Å²) in [6.45, 7) is 0.125. The first kappa shape index (κ1) is 19.1. The van der Waals surface area contributed by atoms with E-state index in [2.05, 4.69) is 39.8 Å². The average molecular weight is 425 g/mol. The van der Waals surface area contributed by atoms with E-state index in [1.165, 1.54) is 0 Å². The van der Waals surface area contributed by atoms with Crippen molar-refractivity contribution in [1.82, 2.24) is 10.2 Å². The first-order valence-corrected chi connectivity index (χ1v) is 10.8. The van der Waals surface area contributed by atoms with Crippen LogP contribution < -0.4 is 10.1 Å². The van der Waals surface area contributed by atoms with Crippen LogP contribution in [0.5, 0.6) is 5.75 Å². The lowest BCUT2D eigenvalue weighted by molar-refractivity contribution is -0.118. The minimum Gasteiger partial charge on any atom is -0.497 e. The van der Waals surface area contributed by atoms with Crippen molar-refractivity contribution in [3.8, 4) is 17.0 Å². The normalized spacial score (nSPS) is 21.1. The van der Waals surface area contributed by atoms with Gasteiger partial charge in [0.15, 0.2) is 0 Å². The summed E-state index contributed by atoms with van der Waals surface area (Å²) in [5.74, 6) is 0.958. The van der Waals surface area contributed by atoms with Crippen molar-refractivity contribution >= 4 is 22.5 Å². The number of hydrogen-bond acceptors (Lipinski definition) is 4. The number of benzene rings is 3. The van der Waals surface area contributed by atoms with E-state index in [9.17, 15) is 9.90 Å². The van der Waals surface area contributed by atoms with E-state index in [1.807, 2.05) is 36.4 Å². The molecule has 1 aliphatic heterocycles. The van der Waals surface area contributed by atoms with Gasteiger partial charge < -0.3 is 15.2 Å². The van der Waals surface area contributed by atoms with Crippen LogP contribution in [-0.4, -0.2) is 34.9 Å². The Labute approximate surface area is 185 Å². The Balaban J connectivity index is 1.36. The van der Waals surface area contributed by atoms with Crippen molar-refractivity contribution < 1.29 is 14.6 Å². The molecule has 6 heteroatoms. The molecule has 2 heterocycles. The number of hydrogen-bond donors (Lipinski definition) is 3. The van der Waals surface area contributed by atoms with Gasteiger partial charge in [-0.3, -0.25) is 9.89 Å². The van der Waals surface area contributed by atoms with Gasteiger partial charge in [-0.25, -0.2) is 0 Å². The zero-order valence-corrected chi connectivity index (χ0v) is 17.7. The van der Waals surface area contributed by atoms with Crippen LogP contribution in [0.3, 0.4) is 0 Å². The molecular weight excluding hydrogens is 402 g/mol. The zero-order chi connectivity index (χ0) is 21.9. The first-order valence-electron chi connectivity index (χ1n) is 10.8. The molecule has 3 N–H and O–H groups in total. The third-order valence-corrected chi connectivity index (χ3v) is 6.91. The summed E-state index contributed by atoms with van der Waals surface area (Å²) in [6.07, 6.45) is 1.41. The van der Waals surface area contributed by atoms with Crippen LogP contribution in [0, 0.1) is 0 Å². The van der Waals surface area contributed by atoms with Gasteiger partial charge in [0, 0.05) is 29.2 Å². The van der Waals surface area contributed by atoms with Gasteiger partial charge >= 0.3 is 0 Å². The molecule has 160 valence electrons. The van der Waals surface area contributed by atoms with Crippen LogP contribution in [0.15, 0.2) is 60.7 Å². The van der Waals surface area contributed by atoms with Crippen LogP contribution in [0.25, 0.3) is 22.2 Å². The summed E-state index contributed by atoms with van der Waals surface area (Å²) in [5.41, 5.74) is 6.48. The van der Waals surface area contributed by atoms with E-state index in [0.29, 0.717) is 6.42 Å². The molecule has 1 aliphatic carbocycles. The number of aliphatic hydroxyl groups is 1. The third-order valence-electron chi connectivity index (χ3n) is 6.91. The predicted octanol–water partition coefficient (Wildman–Crippen LogP) is 4.15. The fourth-order valence-electron chi connectivity index (χ4n) is 5.18. The third kappa shape index (κ3) is 2.69. The number of carbonyl (C=O) groups is 1. The van der Waals surface area contributed by atoms with Crippen molar-refractivity contribution in [2.75, 3.05) is 19.0 Å². The molecule has 0 saturated heterocycles. The fourth-order valence-corrected chi connectivity index (χ4v) is 5.18. The second-order valence-corrected chi connectivity index (χ2v) is 8.64. The maximum atomic E-state index is 12.9. The molecule has 0 radical (unpaired) electrons. The lowest BCUT2D eigenvalue weighted by atomic mass is 9.91. The van der Waals surface area contributed by atoms with Gasteiger partial charge in [-0.2, -0.15) is 5.10 Å². The maximum absolute atomic E-state index is 12.9. The SMILES string of the molecule is COc1ccc2c(c1)C1(CC1c1ccc3c(-c4cccc(CCO)c4)n[nH]c3c1)C(=O)N2. The lowest BCUT2D eigenvalue weighted by Crippen LogP contribution is -2.21. The molecule has 6 nitrogen and oxygen atoms in total. The van der Waals surface area contributed by atoms with Crippen LogP contribution in [-0.2, 0) is 16.6 Å². The lowest BCUT2D eigenvalue weighted by Gasteiger charge is -2.10. The quantitative estimate of drug-likeness (QED) is 0.448. The molecule has 32 heavy (non-hydrogen) atoms. The molecule has 1 fully saturated rings. The smallest absolute Gasteiger partial charge is 0.235 e. The number of carbonyl (C=O) groups excluding carboxylic acids is 1. The van der Waals surface area contributed by atoms with Gasteiger partial charge in [-0.05, 0) is 59.9 Å². The number of aromatic amines is 1. The van der Waals surface area contributed by atoms with E-state index in [-0.39, 0.29) is 18.4 Å². The molecule has 2 aliphatic rings. The Hall–Kier alpha value is -3.64. The standard InChI is InChI=1S/C26H23N3O3/c1-32-18-6-8-22-20(13-18)26(25(31)27-22)14-21(26)16-5-7-19-23(12-16)28-29-24(19)17-4-2-3-15(11-17)9-10-30/h2-8,11-13,21,30H,9-10,14H2,1H3,(H,27,31)(H,28,29). The van der Waals surface area contributed by atoms with E-state index in [1.54, 1.807) is 7.11 Å². The Morgan fingerprint density at radius 1 is 1.16 bits per heavy atom. The number of methoxy groups -OCH3 is 1. The topological polar surface area (TPSA) is 87.2 Å². The summed E-state index contributed by atoms with van der Waals surface area (Å²) >= 11 is 0. The van der Waals surface area contributed by atoms with Gasteiger partial charge in [-0.15, -0.1) is 0 Å². The number of aromatic nitrogens is 2. The summed E-state index contributed by atoms with van der Waals surface area (Å²) in [5, 5.41) is 21.1. The highest BCUT2D eigenvalue weighted by Gasteiger charge is 2.65. The number of nitrogens with zero attached hydrogens (tertiary/aromatic N) is 1. The fraction of sp³-hybridized carbons (Fsp3) is 0.231. The number of ether oxygens (including phenoxy) is 1. The predicted molar refractivity (Wildman–Crippen MR) is 123 cm³/mol. The molecule has 1 aromatic heterocycles. The number of fused-ring (bicyclic) bond motifs is 3. The number of H-pyrrole nitrogens is 1. The molecule has 2 atom stereocenters. The van der Waals surface area contributed by atoms with Crippen molar-refractivity contribution in [2.45, 2.75) is 24.2 Å². The summed E-state index contributed by atoms with van der Waals surface area (Å²) < 4.78 is 5.40. The number of nitrogens with one attached hydrogen (secondary N) is 2. The summed E-state index contributed by atoms with van der Waals surface area (Å²) in [7, 11) is 1.65. The minimum absolute atomic E-state index is 0.0665. The van der Waals surface area contributed by atoms with E-state index in [0.717, 1.165) is 56.7 Å². The second kappa shape index (κ2) is 6.93. The molecule has 1 amide bonds. The second-order valence-electron chi connectivity index (χ2n) is 8.64. The molecule has 3 aromatic carbocycles. The molecule has 1 saturated carbocycles. The largest absolute Gasteiger partial charge is 0.497 e. The highest BCUT2D eigenvalue weighted by Crippen LogP contribution is 2.65. The molecule has 2 unspecified atom stereocenters. The Bertz CT molecular complexity index is 1380. The van der Waals surface area contributed by atoms with Gasteiger partial charge in [0.1, 0.15) is 5.75 Å². The number of amides is 1. The van der Waals surface area contributed by atoms with Gasteiger partial charge in [0.2, 0.25) is 5.91 Å². The Morgan fingerprint density at radius 3 is 2.91 bits per heavy atom. The average Bonchev–Trinajstić information content (AvgIpc) is 3.34. The number of rotatable bonds is 5. The molecule has 4 aromatic rings. The highest BCUT2D eigenvalue weighted by molar-refractivity contribution is 6.10. The first-order chi connectivity index (χ1) is 15.6. The van der Waals surface area contributed by atoms with Crippen LogP contribution in [0.4, 0.5) is 5.69 Å². The van der Waals surface area contributed by atoms with Crippen molar-refractivity contribution in [2.24, 2.45) is 0 Å². The highest BCUT2D eigenvalue weighted by atomic mass is 16.5. The maximum Gasteiger partial charge on any atom is 0.235 e. The van der Waals surface area contributed by atoms with E-state index in [4.69, 9.17) is 4.74 Å². The van der Waals surface area contributed by atoms with Crippen LogP contribution >= 0.6 is 0 Å². The van der Waals surface area contributed by atoms with Crippen LogP contribution in [0.2, 0.25) is 0 Å². The summed E-state index contributed by atoms with van der Waals surface area (Å²) in [6, 6.07) is 20.2. The van der Waals surface area contributed by atoms with Gasteiger partial charge in [-0.1, -0.05) is 30.3 Å². The Kier molecular flexibility index (Phi) is 4.13. The molecule has 6 rings (SSSR count).